The molecule has 3 rings (SSSR count). The fourth-order valence-electron chi connectivity index (χ4n) is 3.23. The lowest BCUT2D eigenvalue weighted by atomic mass is 10.1. The number of benzene rings is 2. The summed E-state index contributed by atoms with van der Waals surface area (Å²) in [5.41, 5.74) is 1.62. The summed E-state index contributed by atoms with van der Waals surface area (Å²) in [6.07, 6.45) is 0.926. The number of nitrogens with zero attached hydrogens (tertiary/aromatic N) is 4. The van der Waals surface area contributed by atoms with Gasteiger partial charge in [-0.3, -0.25) is 9.10 Å². The molecule has 0 aliphatic carbocycles. The van der Waals surface area contributed by atoms with Crippen molar-refractivity contribution in [2.75, 3.05) is 17.6 Å². The van der Waals surface area contributed by atoms with Gasteiger partial charge in [-0.2, -0.15) is 4.98 Å². The fourth-order valence-corrected chi connectivity index (χ4v) is 4.40. The van der Waals surface area contributed by atoms with Crippen LogP contribution in [0, 0.1) is 12.7 Å². The molecule has 3 aromatic rings. The summed E-state index contributed by atoms with van der Waals surface area (Å²) < 4.78 is 45.0. The van der Waals surface area contributed by atoms with Crippen LogP contribution in [0.2, 0.25) is 0 Å². The van der Waals surface area contributed by atoms with Crippen molar-refractivity contribution >= 4 is 21.6 Å². The predicted molar refractivity (Wildman–Crippen MR) is 114 cm³/mol. The number of sulfonamides is 1. The third-order valence-electron chi connectivity index (χ3n) is 4.65. The highest BCUT2D eigenvalue weighted by Gasteiger charge is 2.33. The largest absolute Gasteiger partial charge is 0.337 e. The summed E-state index contributed by atoms with van der Waals surface area (Å²) >= 11 is 0. The van der Waals surface area contributed by atoms with Gasteiger partial charge in [-0.15, -0.1) is 0 Å². The number of anilines is 1. The Morgan fingerprint density at radius 3 is 2.55 bits per heavy atom. The zero-order valence-electron chi connectivity index (χ0n) is 17.6. The second kappa shape index (κ2) is 8.84. The van der Waals surface area contributed by atoms with Crippen molar-refractivity contribution in [1.29, 1.82) is 0 Å². The Morgan fingerprint density at radius 2 is 1.90 bits per heavy atom. The maximum Gasteiger partial charge on any atom is 0.246 e. The molecule has 10 heteroatoms. The minimum absolute atomic E-state index is 0.0309. The van der Waals surface area contributed by atoms with E-state index in [-0.39, 0.29) is 18.1 Å². The van der Waals surface area contributed by atoms with Crippen LogP contribution in [0.5, 0.6) is 0 Å². The lowest BCUT2D eigenvalue weighted by Crippen LogP contribution is -2.48. The summed E-state index contributed by atoms with van der Waals surface area (Å²) in [4.78, 5) is 18.5. The molecule has 8 nitrogen and oxygen atoms in total. The first-order chi connectivity index (χ1) is 14.6. The monoisotopic (exact) mass is 446 g/mol. The summed E-state index contributed by atoms with van der Waals surface area (Å²) in [5.74, 6) is -0.716. The second-order valence-corrected chi connectivity index (χ2v) is 9.12. The van der Waals surface area contributed by atoms with Crippen molar-refractivity contribution in [2.24, 2.45) is 0 Å². The molecule has 0 N–H and O–H groups in total. The third kappa shape index (κ3) is 5.08. The van der Waals surface area contributed by atoms with Crippen LogP contribution in [0.4, 0.5) is 10.1 Å². The van der Waals surface area contributed by atoms with Crippen molar-refractivity contribution in [1.82, 2.24) is 15.0 Å². The van der Waals surface area contributed by atoms with Gasteiger partial charge in [-0.1, -0.05) is 41.1 Å². The number of likely N-dealkylation sites (N-methyl/N-ethyl adjacent to an activating group) is 1. The third-order valence-corrected chi connectivity index (χ3v) is 5.88. The van der Waals surface area contributed by atoms with Gasteiger partial charge >= 0.3 is 0 Å². The maximum absolute atomic E-state index is 14.3. The van der Waals surface area contributed by atoms with Gasteiger partial charge in [0.1, 0.15) is 11.9 Å². The molecule has 1 aromatic heterocycles. The number of hydrogen-bond donors (Lipinski definition) is 0. The van der Waals surface area contributed by atoms with Gasteiger partial charge in [0.05, 0.1) is 18.5 Å². The van der Waals surface area contributed by atoms with Gasteiger partial charge < -0.3 is 9.42 Å². The van der Waals surface area contributed by atoms with E-state index in [1.165, 1.54) is 37.1 Å². The van der Waals surface area contributed by atoms with Crippen molar-refractivity contribution in [3.63, 3.8) is 0 Å². The van der Waals surface area contributed by atoms with Crippen LogP contribution >= 0.6 is 0 Å². The topological polar surface area (TPSA) is 96.6 Å². The van der Waals surface area contributed by atoms with Gasteiger partial charge in [0, 0.05) is 12.6 Å². The van der Waals surface area contributed by atoms with Crippen molar-refractivity contribution < 1.29 is 22.1 Å². The van der Waals surface area contributed by atoms with Crippen molar-refractivity contribution in [3.05, 3.63) is 65.8 Å². The molecule has 0 aliphatic heterocycles. The molecule has 31 heavy (non-hydrogen) atoms. The van der Waals surface area contributed by atoms with E-state index in [4.69, 9.17) is 4.52 Å². The number of aromatic nitrogens is 2. The predicted octanol–water partition coefficient (Wildman–Crippen LogP) is 3.00. The maximum atomic E-state index is 14.3. The zero-order valence-corrected chi connectivity index (χ0v) is 18.4. The number of halogens is 1. The molecule has 0 unspecified atom stereocenters. The highest BCUT2D eigenvalue weighted by Crippen LogP contribution is 2.25. The molecular weight excluding hydrogens is 423 g/mol. The normalized spacial score (nSPS) is 12.4. The fraction of sp³-hybridized carbons (Fsp3) is 0.286. The van der Waals surface area contributed by atoms with Crippen LogP contribution in [-0.4, -0.2) is 48.7 Å². The molecule has 1 heterocycles. The molecule has 164 valence electrons. The van der Waals surface area contributed by atoms with Crippen LogP contribution < -0.4 is 4.31 Å². The first-order valence-electron chi connectivity index (χ1n) is 9.46. The molecule has 0 bridgehead atoms. The highest BCUT2D eigenvalue weighted by molar-refractivity contribution is 7.92. The molecule has 0 saturated heterocycles. The summed E-state index contributed by atoms with van der Waals surface area (Å²) in [7, 11) is -2.45. The molecule has 1 atom stereocenters. The lowest BCUT2D eigenvalue weighted by Gasteiger charge is -2.30. The standard InChI is InChI=1S/C21H23FN4O4S/c1-14-8-7-9-16(12-14)20-23-19(30-24-20)13-25(3)21(27)15(2)26(31(4,28)29)18-11-6-5-10-17(18)22/h5-12,15H,13H2,1-4H3/t15-/m1/s1. The number of aryl methyl sites for hydroxylation is 1. The number of carbonyl (C=O) groups is 1. The van der Waals surface area contributed by atoms with E-state index < -0.39 is 27.8 Å². The van der Waals surface area contributed by atoms with E-state index >= 15 is 0 Å². The summed E-state index contributed by atoms with van der Waals surface area (Å²) in [5, 5.41) is 3.94. The number of amides is 1. The number of carbonyl (C=O) groups excluding carboxylic acids is 1. The quantitative estimate of drug-likeness (QED) is 0.554. The van der Waals surface area contributed by atoms with Crippen molar-refractivity contribution in [2.45, 2.75) is 26.4 Å². The Bertz CT molecular complexity index is 1200. The molecule has 1 amide bonds. The van der Waals surface area contributed by atoms with E-state index in [1.807, 2.05) is 31.2 Å². The van der Waals surface area contributed by atoms with E-state index in [2.05, 4.69) is 10.1 Å². The Balaban J connectivity index is 1.79. The minimum Gasteiger partial charge on any atom is -0.337 e. The molecule has 0 aliphatic rings. The Morgan fingerprint density at radius 1 is 1.19 bits per heavy atom. The van der Waals surface area contributed by atoms with Crippen LogP contribution in [0.15, 0.2) is 53.1 Å². The van der Waals surface area contributed by atoms with E-state index in [1.54, 1.807) is 0 Å². The highest BCUT2D eigenvalue weighted by atomic mass is 32.2. The summed E-state index contributed by atoms with van der Waals surface area (Å²) in [6.45, 7) is 3.32. The minimum atomic E-state index is -3.93. The van der Waals surface area contributed by atoms with E-state index in [9.17, 15) is 17.6 Å². The van der Waals surface area contributed by atoms with Crippen LogP contribution in [-0.2, 0) is 21.4 Å². The number of para-hydroxylation sites is 1. The van der Waals surface area contributed by atoms with Crippen LogP contribution in [0.25, 0.3) is 11.4 Å². The van der Waals surface area contributed by atoms with Crippen molar-refractivity contribution in [3.8, 4) is 11.4 Å². The SMILES string of the molecule is Cc1cccc(-c2noc(CN(C)C(=O)[C@@H](C)N(c3ccccc3F)S(C)(=O)=O)n2)c1. The van der Waals surface area contributed by atoms with Gasteiger partial charge in [-0.25, -0.2) is 12.8 Å². The lowest BCUT2D eigenvalue weighted by molar-refractivity contribution is -0.131. The average Bonchev–Trinajstić information content (AvgIpc) is 3.16. The number of rotatable bonds is 7. The smallest absolute Gasteiger partial charge is 0.246 e. The van der Waals surface area contributed by atoms with E-state index in [0.29, 0.717) is 5.82 Å². The Hall–Kier alpha value is -3.27. The van der Waals surface area contributed by atoms with Gasteiger partial charge in [-0.05, 0) is 32.0 Å². The summed E-state index contributed by atoms with van der Waals surface area (Å²) in [6, 6.07) is 11.8. The zero-order chi connectivity index (χ0) is 22.8. The molecule has 0 spiro atoms. The Labute approximate surface area is 180 Å². The van der Waals surface area contributed by atoms with E-state index in [0.717, 1.165) is 27.8 Å². The Kier molecular flexibility index (Phi) is 6.40. The number of hydrogen-bond acceptors (Lipinski definition) is 6. The molecule has 0 saturated carbocycles. The van der Waals surface area contributed by atoms with Gasteiger partial charge in [0.2, 0.25) is 27.6 Å². The van der Waals surface area contributed by atoms with Gasteiger partial charge in [0.15, 0.2) is 0 Å². The second-order valence-electron chi connectivity index (χ2n) is 7.26. The van der Waals surface area contributed by atoms with Gasteiger partial charge in [0.25, 0.3) is 0 Å². The van der Waals surface area contributed by atoms with Crippen LogP contribution in [0.3, 0.4) is 0 Å². The van der Waals surface area contributed by atoms with Crippen LogP contribution in [0.1, 0.15) is 18.4 Å². The molecular formula is C21H23FN4O4S. The molecule has 0 fully saturated rings. The first kappa shape index (κ1) is 22.4. The molecule has 2 aromatic carbocycles. The first-order valence-corrected chi connectivity index (χ1v) is 11.3. The molecule has 0 radical (unpaired) electrons. The average molecular weight is 447 g/mol.